The Morgan fingerprint density at radius 1 is 1.26 bits per heavy atom. The largest absolute Gasteiger partial charge is 0.483 e. The monoisotopic (exact) mass is 483 g/mol. The van der Waals surface area contributed by atoms with Gasteiger partial charge in [-0.05, 0) is 49.4 Å². The summed E-state index contributed by atoms with van der Waals surface area (Å²) in [5, 5.41) is 12.3. The van der Waals surface area contributed by atoms with Gasteiger partial charge >= 0.3 is 0 Å². The Kier molecular flexibility index (Phi) is 9.15. The number of amides is 1. The van der Waals surface area contributed by atoms with Crippen LogP contribution in [0.5, 0.6) is 5.75 Å². The Morgan fingerprint density at radius 2 is 2.03 bits per heavy atom. The molecule has 1 amide bonds. The van der Waals surface area contributed by atoms with E-state index in [-0.39, 0.29) is 47.5 Å². The molecule has 0 radical (unpaired) electrons. The molecule has 1 aromatic carbocycles. The third kappa shape index (κ3) is 6.76. The number of hydrogen-bond donors (Lipinski definition) is 1. The molecule has 186 valence electrons. The second-order valence-corrected chi connectivity index (χ2v) is 8.79. The lowest BCUT2D eigenvalue weighted by molar-refractivity contribution is -0.124. The van der Waals surface area contributed by atoms with Crippen LogP contribution in [-0.2, 0) is 16.1 Å². The number of nitrogens with one attached hydrogen (secondary N) is 1. The highest BCUT2D eigenvalue weighted by Gasteiger charge is 2.24. The third-order valence-electron chi connectivity index (χ3n) is 6.22. The molecule has 3 rings (SSSR count). The van der Waals surface area contributed by atoms with E-state index in [1.807, 2.05) is 0 Å². The van der Waals surface area contributed by atoms with Gasteiger partial charge in [0, 0.05) is 38.1 Å². The Balaban J connectivity index is 1.81. The van der Waals surface area contributed by atoms with E-state index in [9.17, 15) is 24.0 Å². The van der Waals surface area contributed by atoms with Crippen LogP contribution in [0, 0.1) is 23.1 Å². The average Bonchev–Trinajstić information content (AvgIpc) is 2.85. The highest BCUT2D eigenvalue weighted by atomic mass is 19.1. The summed E-state index contributed by atoms with van der Waals surface area (Å²) in [4.78, 5) is 38.2. The lowest BCUT2D eigenvalue weighted by atomic mass is 9.86. The molecule has 1 heterocycles. The minimum atomic E-state index is -0.657. The number of ether oxygens (including phenoxy) is 2. The molecule has 0 aliphatic heterocycles. The first-order chi connectivity index (χ1) is 16.8. The molecule has 1 aliphatic carbocycles. The highest BCUT2D eigenvalue weighted by molar-refractivity contribution is 6.10. The van der Waals surface area contributed by atoms with E-state index >= 15 is 0 Å². The Hall–Kier alpha value is -3.51. The van der Waals surface area contributed by atoms with Crippen LogP contribution in [0.2, 0.25) is 0 Å². The molecule has 0 bridgehead atoms. The van der Waals surface area contributed by atoms with Crippen LogP contribution in [0.4, 0.5) is 4.39 Å². The van der Waals surface area contributed by atoms with Crippen molar-refractivity contribution in [1.82, 2.24) is 9.88 Å². The standard InChI is InChI=1S/C26H30FN3O5/c1-17-6-3-4-7-22(17)29-24(31)16-35-23-9-8-20(27)13-21(23)25(32)19-12-18(14-28)26(33)30(15-19)10-5-11-34-2/h8-9,12-13,15,17,22H,3-7,10-11,16H2,1-2H3,(H,29,31)/t17-,22+/m0/s1. The molecule has 2 atom stereocenters. The van der Waals surface area contributed by atoms with E-state index in [0.717, 1.165) is 37.8 Å². The van der Waals surface area contributed by atoms with Crippen LogP contribution in [0.3, 0.4) is 0 Å². The quantitative estimate of drug-likeness (QED) is 0.411. The zero-order valence-corrected chi connectivity index (χ0v) is 20.0. The number of methoxy groups -OCH3 is 1. The molecular formula is C26H30FN3O5. The molecular weight excluding hydrogens is 453 g/mol. The van der Waals surface area contributed by atoms with Crippen LogP contribution in [0.1, 0.15) is 60.5 Å². The number of halogens is 1. The second-order valence-electron chi connectivity index (χ2n) is 8.79. The fraction of sp³-hybridized carbons (Fsp3) is 0.462. The van der Waals surface area contributed by atoms with Gasteiger partial charge in [-0.15, -0.1) is 0 Å². The average molecular weight is 484 g/mol. The summed E-state index contributed by atoms with van der Waals surface area (Å²) in [6.07, 6.45) is 6.02. The molecule has 0 unspecified atom stereocenters. The predicted octanol–water partition coefficient (Wildman–Crippen LogP) is 3.20. The lowest BCUT2D eigenvalue weighted by Gasteiger charge is -2.29. The van der Waals surface area contributed by atoms with Gasteiger partial charge in [0.05, 0.1) is 5.56 Å². The maximum atomic E-state index is 14.1. The van der Waals surface area contributed by atoms with E-state index in [0.29, 0.717) is 18.9 Å². The summed E-state index contributed by atoms with van der Waals surface area (Å²) < 4.78 is 25.9. The SMILES string of the molecule is COCCCn1cc(C(=O)c2cc(F)ccc2OCC(=O)N[C@@H]2CCCC[C@@H]2C)cc(C#N)c1=O. The molecule has 0 spiro atoms. The number of hydrogen-bond acceptors (Lipinski definition) is 6. The van der Waals surface area contributed by atoms with Crippen molar-refractivity contribution in [3.8, 4) is 11.8 Å². The molecule has 1 N–H and O–H groups in total. The number of nitrogens with zero attached hydrogens (tertiary/aromatic N) is 2. The van der Waals surface area contributed by atoms with Crippen LogP contribution in [0.25, 0.3) is 0 Å². The first kappa shape index (κ1) is 26.1. The van der Waals surface area contributed by atoms with E-state index in [2.05, 4.69) is 12.2 Å². The van der Waals surface area contributed by atoms with Crippen LogP contribution in [-0.4, -0.2) is 42.6 Å². The van der Waals surface area contributed by atoms with E-state index in [4.69, 9.17) is 9.47 Å². The van der Waals surface area contributed by atoms with Crippen molar-refractivity contribution in [2.75, 3.05) is 20.3 Å². The Morgan fingerprint density at radius 3 is 2.74 bits per heavy atom. The molecule has 35 heavy (non-hydrogen) atoms. The number of pyridine rings is 1. The van der Waals surface area contributed by atoms with Gasteiger partial charge in [-0.3, -0.25) is 14.4 Å². The van der Waals surface area contributed by atoms with Gasteiger partial charge in [-0.1, -0.05) is 19.8 Å². The molecule has 0 saturated heterocycles. The Labute approximate surface area is 203 Å². The molecule has 1 fully saturated rings. The maximum Gasteiger partial charge on any atom is 0.268 e. The van der Waals surface area contributed by atoms with Crippen LogP contribution < -0.4 is 15.6 Å². The number of benzene rings is 1. The van der Waals surface area contributed by atoms with Gasteiger partial charge in [-0.25, -0.2) is 4.39 Å². The molecule has 1 aromatic heterocycles. The van der Waals surface area contributed by atoms with Crippen molar-refractivity contribution in [2.45, 2.75) is 51.6 Å². The number of carbonyl (C=O) groups excluding carboxylic acids is 2. The number of rotatable bonds is 10. The van der Waals surface area contributed by atoms with Gasteiger partial charge in [-0.2, -0.15) is 5.26 Å². The van der Waals surface area contributed by atoms with E-state index in [1.165, 1.54) is 30.0 Å². The first-order valence-corrected chi connectivity index (χ1v) is 11.7. The van der Waals surface area contributed by atoms with Crippen molar-refractivity contribution in [3.05, 3.63) is 63.3 Å². The minimum absolute atomic E-state index is 0.0366. The normalized spacial score (nSPS) is 17.4. The van der Waals surface area contributed by atoms with Gasteiger partial charge in [0.1, 0.15) is 23.2 Å². The predicted molar refractivity (Wildman–Crippen MR) is 127 cm³/mol. The van der Waals surface area contributed by atoms with Crippen molar-refractivity contribution in [3.63, 3.8) is 0 Å². The van der Waals surface area contributed by atoms with Crippen molar-refractivity contribution >= 4 is 11.7 Å². The first-order valence-electron chi connectivity index (χ1n) is 11.7. The number of nitriles is 1. The van der Waals surface area contributed by atoms with E-state index in [1.54, 1.807) is 6.07 Å². The molecule has 1 aliphatic rings. The summed E-state index contributed by atoms with van der Waals surface area (Å²) in [6.45, 7) is 2.42. The zero-order chi connectivity index (χ0) is 25.4. The molecule has 8 nitrogen and oxygen atoms in total. The maximum absolute atomic E-state index is 14.1. The number of aromatic nitrogens is 1. The van der Waals surface area contributed by atoms with E-state index < -0.39 is 17.2 Å². The van der Waals surface area contributed by atoms with Gasteiger partial charge in [0.25, 0.3) is 11.5 Å². The summed E-state index contributed by atoms with van der Waals surface area (Å²) in [6, 6.07) is 6.52. The van der Waals surface area contributed by atoms with Crippen molar-refractivity contribution < 1.29 is 23.5 Å². The van der Waals surface area contributed by atoms with Crippen LogP contribution in [0.15, 0.2) is 35.3 Å². The topological polar surface area (TPSA) is 110 Å². The fourth-order valence-electron chi connectivity index (χ4n) is 4.27. The number of carbonyl (C=O) groups is 2. The minimum Gasteiger partial charge on any atom is -0.483 e. The summed E-state index contributed by atoms with van der Waals surface area (Å²) >= 11 is 0. The molecule has 9 heteroatoms. The number of ketones is 1. The van der Waals surface area contributed by atoms with Gasteiger partial charge in [0.15, 0.2) is 12.4 Å². The second kappa shape index (κ2) is 12.3. The molecule has 2 aromatic rings. The Bertz CT molecular complexity index is 1170. The summed E-state index contributed by atoms with van der Waals surface area (Å²) in [5.74, 6) is -1.18. The summed E-state index contributed by atoms with van der Waals surface area (Å²) in [5.41, 5.74) is -0.790. The lowest BCUT2D eigenvalue weighted by Crippen LogP contribution is -2.43. The van der Waals surface area contributed by atoms with Crippen molar-refractivity contribution in [1.29, 1.82) is 5.26 Å². The van der Waals surface area contributed by atoms with Gasteiger partial charge < -0.3 is 19.4 Å². The highest BCUT2D eigenvalue weighted by Crippen LogP contribution is 2.25. The third-order valence-corrected chi connectivity index (χ3v) is 6.22. The zero-order valence-electron chi connectivity index (χ0n) is 20.0. The summed E-state index contributed by atoms with van der Waals surface area (Å²) in [7, 11) is 1.53. The van der Waals surface area contributed by atoms with Gasteiger partial charge in [0.2, 0.25) is 0 Å². The smallest absolute Gasteiger partial charge is 0.268 e. The number of aryl methyl sites for hydroxylation is 1. The fourth-order valence-corrected chi connectivity index (χ4v) is 4.27. The van der Waals surface area contributed by atoms with Crippen molar-refractivity contribution in [2.24, 2.45) is 5.92 Å². The van der Waals surface area contributed by atoms with Crippen LogP contribution >= 0.6 is 0 Å². The molecule has 1 saturated carbocycles.